The molecular formula is C26H21NO6. The number of carbonyl (C=O) groups excluding carboxylic acids is 2. The topological polar surface area (TPSA) is 95.7 Å². The fourth-order valence-electron chi connectivity index (χ4n) is 3.89. The monoisotopic (exact) mass is 443 g/mol. The van der Waals surface area contributed by atoms with Crippen LogP contribution in [0.4, 0.5) is 0 Å². The largest absolute Gasteiger partial charge is 0.465 e. The van der Waals surface area contributed by atoms with Gasteiger partial charge in [0.15, 0.2) is 5.43 Å². The summed E-state index contributed by atoms with van der Waals surface area (Å²) >= 11 is 0. The molecule has 2 heterocycles. The van der Waals surface area contributed by atoms with Crippen LogP contribution in [0.1, 0.15) is 32.1 Å². The molecule has 0 aliphatic carbocycles. The van der Waals surface area contributed by atoms with Gasteiger partial charge in [0, 0.05) is 17.2 Å². The number of hydrogen-bond donors (Lipinski definition) is 0. The fraction of sp³-hybridized carbons (Fsp3) is 0.154. The SMILES string of the molecule is COC(=O)c1c(C)nc(C)c(C(=O)OC)c1-c1ccc(-c2cc(=O)c3ccccc3o2)cc1. The van der Waals surface area contributed by atoms with E-state index in [-0.39, 0.29) is 16.6 Å². The predicted molar refractivity (Wildman–Crippen MR) is 123 cm³/mol. The Morgan fingerprint density at radius 2 is 1.36 bits per heavy atom. The standard InChI is InChI=1S/C26H21NO6/c1-14-22(25(29)31-3)24(23(15(2)27-14)26(30)32-4)17-11-9-16(10-12-17)21-13-19(28)18-7-5-6-8-20(18)33-21/h5-13H,1-4H3. The van der Waals surface area contributed by atoms with Gasteiger partial charge in [-0.15, -0.1) is 0 Å². The fourth-order valence-corrected chi connectivity index (χ4v) is 3.89. The van der Waals surface area contributed by atoms with E-state index >= 15 is 0 Å². The first kappa shape index (κ1) is 22.0. The van der Waals surface area contributed by atoms with E-state index in [4.69, 9.17) is 13.9 Å². The first-order chi connectivity index (χ1) is 15.8. The Hall–Kier alpha value is -4.26. The summed E-state index contributed by atoms with van der Waals surface area (Å²) < 4.78 is 15.8. The second-order valence-corrected chi connectivity index (χ2v) is 7.44. The molecule has 2 aromatic heterocycles. The van der Waals surface area contributed by atoms with Gasteiger partial charge in [-0.2, -0.15) is 0 Å². The molecule has 0 aliphatic rings. The molecule has 166 valence electrons. The smallest absolute Gasteiger partial charge is 0.340 e. The van der Waals surface area contributed by atoms with Gasteiger partial charge in [0.25, 0.3) is 0 Å². The number of hydrogen-bond acceptors (Lipinski definition) is 7. The molecule has 0 saturated carbocycles. The third-order valence-corrected chi connectivity index (χ3v) is 5.43. The van der Waals surface area contributed by atoms with Crippen LogP contribution in [0.5, 0.6) is 0 Å². The highest BCUT2D eigenvalue weighted by Crippen LogP contribution is 2.34. The molecule has 0 N–H and O–H groups in total. The van der Waals surface area contributed by atoms with Crippen molar-refractivity contribution in [3.63, 3.8) is 0 Å². The Balaban J connectivity index is 1.90. The summed E-state index contributed by atoms with van der Waals surface area (Å²) in [6.07, 6.45) is 0. The van der Waals surface area contributed by atoms with Crippen molar-refractivity contribution in [2.24, 2.45) is 0 Å². The van der Waals surface area contributed by atoms with Crippen molar-refractivity contribution in [1.82, 2.24) is 4.98 Å². The molecule has 0 aliphatic heterocycles. The second kappa shape index (κ2) is 8.70. The van der Waals surface area contributed by atoms with Crippen molar-refractivity contribution >= 4 is 22.9 Å². The van der Waals surface area contributed by atoms with E-state index in [1.54, 1.807) is 62.4 Å². The lowest BCUT2D eigenvalue weighted by molar-refractivity contribution is 0.0599. The Kier molecular flexibility index (Phi) is 5.79. The highest BCUT2D eigenvalue weighted by atomic mass is 16.5. The minimum absolute atomic E-state index is 0.141. The molecule has 7 heteroatoms. The van der Waals surface area contributed by atoms with Gasteiger partial charge in [0.05, 0.1) is 42.1 Å². The highest BCUT2D eigenvalue weighted by Gasteiger charge is 2.27. The van der Waals surface area contributed by atoms with Crippen LogP contribution in [0.2, 0.25) is 0 Å². The van der Waals surface area contributed by atoms with Gasteiger partial charge in [-0.1, -0.05) is 36.4 Å². The molecule has 0 fully saturated rings. The molecule has 0 spiro atoms. The van der Waals surface area contributed by atoms with Crippen molar-refractivity contribution in [2.45, 2.75) is 13.8 Å². The summed E-state index contributed by atoms with van der Waals surface area (Å²) in [5, 5.41) is 0.506. The molecule has 4 aromatic rings. The number of pyridine rings is 1. The van der Waals surface area contributed by atoms with Crippen LogP contribution in [0, 0.1) is 13.8 Å². The Morgan fingerprint density at radius 3 is 1.94 bits per heavy atom. The second-order valence-electron chi connectivity index (χ2n) is 7.44. The van der Waals surface area contributed by atoms with Gasteiger partial charge in [0.1, 0.15) is 11.3 Å². The first-order valence-corrected chi connectivity index (χ1v) is 10.2. The molecule has 2 aromatic carbocycles. The van der Waals surface area contributed by atoms with E-state index in [0.29, 0.717) is 44.8 Å². The maximum Gasteiger partial charge on any atom is 0.340 e. The van der Waals surface area contributed by atoms with Gasteiger partial charge in [0.2, 0.25) is 0 Å². The zero-order chi connectivity index (χ0) is 23.7. The molecule has 0 bridgehead atoms. The van der Waals surface area contributed by atoms with Gasteiger partial charge in [-0.25, -0.2) is 9.59 Å². The normalized spacial score (nSPS) is 10.8. The van der Waals surface area contributed by atoms with Crippen molar-refractivity contribution in [1.29, 1.82) is 0 Å². The van der Waals surface area contributed by atoms with Crippen LogP contribution in [0.15, 0.2) is 63.8 Å². The molecule has 0 amide bonds. The van der Waals surface area contributed by atoms with Gasteiger partial charge in [-0.05, 0) is 31.5 Å². The number of nitrogens with zero attached hydrogens (tertiary/aromatic N) is 1. The zero-order valence-electron chi connectivity index (χ0n) is 18.6. The van der Waals surface area contributed by atoms with E-state index in [1.165, 1.54) is 20.3 Å². The number of aryl methyl sites for hydroxylation is 2. The number of para-hydroxylation sites is 1. The van der Waals surface area contributed by atoms with Crippen LogP contribution in [-0.4, -0.2) is 31.1 Å². The maximum absolute atomic E-state index is 12.6. The summed E-state index contributed by atoms with van der Waals surface area (Å²) in [5.41, 5.74) is 3.24. The van der Waals surface area contributed by atoms with Crippen LogP contribution in [0.3, 0.4) is 0 Å². The number of benzene rings is 2. The lowest BCUT2D eigenvalue weighted by Crippen LogP contribution is -2.16. The summed E-state index contributed by atoms with van der Waals surface area (Å²) in [6, 6.07) is 15.5. The lowest BCUT2D eigenvalue weighted by atomic mass is 9.91. The molecule has 33 heavy (non-hydrogen) atoms. The van der Waals surface area contributed by atoms with Crippen LogP contribution in [-0.2, 0) is 9.47 Å². The van der Waals surface area contributed by atoms with Gasteiger partial charge in [-0.3, -0.25) is 9.78 Å². The number of ether oxygens (including phenoxy) is 2. The lowest BCUT2D eigenvalue weighted by Gasteiger charge is -2.17. The molecule has 7 nitrogen and oxygen atoms in total. The average molecular weight is 443 g/mol. The maximum atomic E-state index is 12.6. The summed E-state index contributed by atoms with van der Waals surface area (Å²) in [4.78, 5) is 42.0. The molecule has 0 atom stereocenters. The Bertz CT molecular complexity index is 1410. The van der Waals surface area contributed by atoms with Crippen molar-refractivity contribution < 1.29 is 23.5 Å². The predicted octanol–water partition coefficient (Wildman–Crippen LogP) is 4.71. The van der Waals surface area contributed by atoms with Gasteiger partial charge < -0.3 is 13.9 Å². The number of aromatic nitrogens is 1. The Labute approximate surface area is 189 Å². The molecule has 0 saturated heterocycles. The molecule has 0 radical (unpaired) electrons. The minimum Gasteiger partial charge on any atom is -0.465 e. The van der Waals surface area contributed by atoms with Crippen LogP contribution in [0.25, 0.3) is 33.4 Å². The Morgan fingerprint density at radius 1 is 0.818 bits per heavy atom. The summed E-state index contributed by atoms with van der Waals surface area (Å²) in [7, 11) is 2.54. The summed E-state index contributed by atoms with van der Waals surface area (Å²) in [6.45, 7) is 3.36. The number of carbonyl (C=O) groups is 2. The van der Waals surface area contributed by atoms with Crippen LogP contribution < -0.4 is 5.43 Å². The minimum atomic E-state index is -0.607. The quantitative estimate of drug-likeness (QED) is 0.421. The third-order valence-electron chi connectivity index (χ3n) is 5.43. The van der Waals surface area contributed by atoms with Crippen molar-refractivity contribution in [3.8, 4) is 22.5 Å². The highest BCUT2D eigenvalue weighted by molar-refractivity contribution is 6.07. The first-order valence-electron chi connectivity index (χ1n) is 10.2. The van der Waals surface area contributed by atoms with Crippen molar-refractivity contribution in [3.05, 3.63) is 87.3 Å². The van der Waals surface area contributed by atoms with Gasteiger partial charge >= 0.3 is 11.9 Å². The number of methoxy groups -OCH3 is 2. The molecule has 4 rings (SSSR count). The number of fused-ring (bicyclic) bond motifs is 1. The summed E-state index contributed by atoms with van der Waals surface area (Å²) in [5.74, 6) is -0.803. The van der Waals surface area contributed by atoms with E-state index in [1.807, 2.05) is 0 Å². The molecule has 0 unspecified atom stereocenters. The molecular weight excluding hydrogens is 422 g/mol. The number of rotatable bonds is 4. The van der Waals surface area contributed by atoms with E-state index < -0.39 is 11.9 Å². The van der Waals surface area contributed by atoms with Crippen LogP contribution >= 0.6 is 0 Å². The van der Waals surface area contributed by atoms with E-state index in [2.05, 4.69) is 4.98 Å². The zero-order valence-corrected chi connectivity index (χ0v) is 18.6. The van der Waals surface area contributed by atoms with E-state index in [9.17, 15) is 14.4 Å². The third kappa shape index (κ3) is 3.89. The number of esters is 2. The average Bonchev–Trinajstić information content (AvgIpc) is 2.82. The van der Waals surface area contributed by atoms with Crippen molar-refractivity contribution in [2.75, 3.05) is 14.2 Å². The van der Waals surface area contributed by atoms with E-state index in [0.717, 1.165) is 0 Å².